The number of halogens is 1. The maximum Gasteiger partial charge on any atom is 0.324 e. The third-order valence-corrected chi connectivity index (χ3v) is 5.13. The van der Waals surface area contributed by atoms with Crippen molar-refractivity contribution >= 4 is 54.6 Å². The average Bonchev–Trinajstić information content (AvgIpc) is 3.16. The standard InChI is InChI=1S/C14H8BrN3O3S2/c15-9-3-1-2-8(6-9)10-7-22-14(16-10)17-13(19)11-4-5-12(23-11)18(20)21/h1-7H,(H,16,17,19). The number of hydrogen-bond acceptors (Lipinski definition) is 6. The van der Waals surface area contributed by atoms with Gasteiger partial charge in [-0.2, -0.15) is 0 Å². The molecule has 6 nitrogen and oxygen atoms in total. The van der Waals surface area contributed by atoms with Crippen molar-refractivity contribution in [2.24, 2.45) is 0 Å². The van der Waals surface area contributed by atoms with Crippen molar-refractivity contribution in [3.63, 3.8) is 0 Å². The summed E-state index contributed by atoms with van der Waals surface area (Å²) < 4.78 is 0.944. The largest absolute Gasteiger partial charge is 0.324 e. The number of nitrogens with zero attached hydrogens (tertiary/aromatic N) is 2. The minimum Gasteiger partial charge on any atom is -0.297 e. The van der Waals surface area contributed by atoms with Crippen LogP contribution in [0.15, 0.2) is 46.3 Å². The van der Waals surface area contributed by atoms with Gasteiger partial charge in [-0.05, 0) is 18.2 Å². The summed E-state index contributed by atoms with van der Waals surface area (Å²) in [6, 6.07) is 10.4. The van der Waals surface area contributed by atoms with Crippen molar-refractivity contribution in [1.29, 1.82) is 0 Å². The highest BCUT2D eigenvalue weighted by molar-refractivity contribution is 9.10. The molecule has 0 aliphatic carbocycles. The predicted octanol–water partition coefficient (Wildman–Crippen LogP) is 4.79. The second-order valence-electron chi connectivity index (χ2n) is 4.40. The molecule has 0 atom stereocenters. The normalized spacial score (nSPS) is 10.5. The summed E-state index contributed by atoms with van der Waals surface area (Å²) in [6.45, 7) is 0. The Bertz CT molecular complexity index is 891. The molecule has 3 aromatic rings. The van der Waals surface area contributed by atoms with Gasteiger partial charge in [-0.3, -0.25) is 20.2 Å². The second kappa shape index (κ2) is 6.57. The maximum absolute atomic E-state index is 12.1. The summed E-state index contributed by atoms with van der Waals surface area (Å²) in [5.41, 5.74) is 1.69. The highest BCUT2D eigenvalue weighted by atomic mass is 79.9. The molecule has 0 saturated carbocycles. The predicted molar refractivity (Wildman–Crippen MR) is 94.2 cm³/mol. The van der Waals surface area contributed by atoms with Crippen molar-refractivity contribution in [2.45, 2.75) is 0 Å². The lowest BCUT2D eigenvalue weighted by Gasteiger charge is -1.99. The lowest BCUT2D eigenvalue weighted by molar-refractivity contribution is -0.380. The summed E-state index contributed by atoms with van der Waals surface area (Å²) in [5.74, 6) is -0.404. The van der Waals surface area contributed by atoms with E-state index >= 15 is 0 Å². The third-order valence-electron chi connectivity index (χ3n) is 2.84. The minimum atomic E-state index is -0.518. The number of carbonyl (C=O) groups excluding carboxylic acids is 1. The summed E-state index contributed by atoms with van der Waals surface area (Å²) in [6.07, 6.45) is 0. The van der Waals surface area contributed by atoms with Gasteiger partial charge in [-0.1, -0.05) is 39.4 Å². The van der Waals surface area contributed by atoms with Gasteiger partial charge in [0.25, 0.3) is 5.91 Å². The Hall–Kier alpha value is -2.10. The fraction of sp³-hybridized carbons (Fsp3) is 0. The molecule has 0 aliphatic heterocycles. The summed E-state index contributed by atoms with van der Waals surface area (Å²) >= 11 is 5.54. The first-order valence-electron chi connectivity index (χ1n) is 6.30. The van der Waals surface area contributed by atoms with Crippen molar-refractivity contribution in [2.75, 3.05) is 5.32 Å². The van der Waals surface area contributed by atoms with Crippen molar-refractivity contribution < 1.29 is 9.72 Å². The van der Waals surface area contributed by atoms with Gasteiger partial charge in [-0.25, -0.2) is 4.98 Å². The highest BCUT2D eigenvalue weighted by Gasteiger charge is 2.16. The van der Waals surface area contributed by atoms with E-state index in [1.54, 1.807) is 0 Å². The van der Waals surface area contributed by atoms with Gasteiger partial charge in [-0.15, -0.1) is 11.3 Å². The molecular weight excluding hydrogens is 402 g/mol. The molecule has 0 unspecified atom stereocenters. The van der Waals surface area contributed by atoms with Gasteiger partial charge in [0.15, 0.2) is 5.13 Å². The van der Waals surface area contributed by atoms with Gasteiger partial charge in [0.05, 0.1) is 15.5 Å². The molecule has 2 heterocycles. The second-order valence-corrected chi connectivity index (χ2v) is 7.23. The van der Waals surface area contributed by atoms with Crippen molar-refractivity contribution in [3.8, 4) is 11.3 Å². The molecule has 1 N–H and O–H groups in total. The van der Waals surface area contributed by atoms with Gasteiger partial charge in [0.1, 0.15) is 0 Å². The lowest BCUT2D eigenvalue weighted by Crippen LogP contribution is -2.09. The summed E-state index contributed by atoms with van der Waals surface area (Å²) in [4.78, 5) is 26.9. The lowest BCUT2D eigenvalue weighted by atomic mass is 10.2. The number of carbonyl (C=O) groups is 1. The smallest absolute Gasteiger partial charge is 0.297 e. The van der Waals surface area contributed by atoms with Crippen LogP contribution in [0, 0.1) is 10.1 Å². The van der Waals surface area contributed by atoms with Crippen LogP contribution in [0.25, 0.3) is 11.3 Å². The first-order valence-corrected chi connectivity index (χ1v) is 8.79. The zero-order valence-corrected chi connectivity index (χ0v) is 14.6. The molecule has 0 bridgehead atoms. The number of aromatic nitrogens is 1. The molecule has 1 amide bonds. The van der Waals surface area contributed by atoms with Crippen LogP contribution in [0.1, 0.15) is 9.67 Å². The van der Waals surface area contributed by atoms with Crippen LogP contribution in [-0.2, 0) is 0 Å². The van der Waals surface area contributed by atoms with E-state index in [0.29, 0.717) is 5.13 Å². The molecule has 23 heavy (non-hydrogen) atoms. The number of amides is 1. The van der Waals surface area contributed by atoms with Crippen molar-refractivity contribution in [1.82, 2.24) is 4.98 Å². The van der Waals surface area contributed by atoms with E-state index in [4.69, 9.17) is 0 Å². The number of benzene rings is 1. The fourth-order valence-corrected chi connectivity index (χ4v) is 3.65. The van der Waals surface area contributed by atoms with Crippen LogP contribution in [0.5, 0.6) is 0 Å². The van der Waals surface area contributed by atoms with Gasteiger partial charge >= 0.3 is 5.00 Å². The molecule has 3 rings (SSSR count). The fourth-order valence-electron chi connectivity index (χ4n) is 1.82. The minimum absolute atomic E-state index is 0.0656. The number of thiophene rings is 1. The number of nitro groups is 1. The van der Waals surface area contributed by atoms with Gasteiger partial charge < -0.3 is 0 Å². The summed E-state index contributed by atoms with van der Waals surface area (Å²) in [7, 11) is 0. The van der Waals surface area contributed by atoms with Crippen LogP contribution in [0.4, 0.5) is 10.1 Å². The molecule has 2 aromatic heterocycles. The monoisotopic (exact) mass is 409 g/mol. The molecule has 116 valence electrons. The maximum atomic E-state index is 12.1. The number of nitrogens with one attached hydrogen (secondary N) is 1. The zero-order chi connectivity index (χ0) is 16.4. The number of hydrogen-bond donors (Lipinski definition) is 1. The third kappa shape index (κ3) is 3.63. The number of thiazole rings is 1. The van der Waals surface area contributed by atoms with E-state index in [9.17, 15) is 14.9 Å². The highest BCUT2D eigenvalue weighted by Crippen LogP contribution is 2.28. The first kappa shape index (κ1) is 15.8. The molecule has 1 aromatic carbocycles. The SMILES string of the molecule is O=C(Nc1nc(-c2cccc(Br)c2)cs1)c1ccc([N+](=O)[O-])s1. The molecule has 9 heteroatoms. The molecule has 0 aliphatic rings. The van der Waals surface area contributed by atoms with Crippen molar-refractivity contribution in [3.05, 3.63) is 61.2 Å². The van der Waals surface area contributed by atoms with E-state index in [1.807, 2.05) is 29.6 Å². The molecular formula is C14H8BrN3O3S2. The molecule has 0 radical (unpaired) electrons. The summed E-state index contributed by atoms with van der Waals surface area (Å²) in [5, 5.41) is 15.5. The van der Waals surface area contributed by atoms with Crippen LogP contribution < -0.4 is 5.32 Å². The van der Waals surface area contributed by atoms with Crippen LogP contribution >= 0.6 is 38.6 Å². The van der Waals surface area contributed by atoms with E-state index in [2.05, 4.69) is 26.2 Å². The van der Waals surface area contributed by atoms with E-state index in [0.717, 1.165) is 27.1 Å². The Kier molecular flexibility index (Phi) is 4.51. The van der Waals surface area contributed by atoms with E-state index < -0.39 is 10.8 Å². The number of rotatable bonds is 4. The van der Waals surface area contributed by atoms with E-state index in [1.165, 1.54) is 23.5 Å². The Morgan fingerprint density at radius 3 is 2.83 bits per heavy atom. The van der Waals surface area contributed by atoms with Gasteiger partial charge in [0.2, 0.25) is 0 Å². The molecule has 0 fully saturated rings. The average molecular weight is 410 g/mol. The molecule has 0 saturated heterocycles. The Balaban J connectivity index is 1.75. The van der Waals surface area contributed by atoms with Crippen LogP contribution in [0.3, 0.4) is 0 Å². The first-order chi connectivity index (χ1) is 11.0. The topological polar surface area (TPSA) is 85.1 Å². The number of anilines is 1. The van der Waals surface area contributed by atoms with Gasteiger partial charge in [0, 0.05) is 21.5 Å². The van der Waals surface area contributed by atoms with Crippen LogP contribution in [-0.4, -0.2) is 15.8 Å². The zero-order valence-electron chi connectivity index (χ0n) is 11.4. The Morgan fingerprint density at radius 2 is 2.13 bits per heavy atom. The Labute approximate surface area is 147 Å². The molecule has 0 spiro atoms. The Morgan fingerprint density at radius 1 is 1.30 bits per heavy atom. The van der Waals surface area contributed by atoms with Crippen LogP contribution in [0.2, 0.25) is 0 Å². The van der Waals surface area contributed by atoms with E-state index in [-0.39, 0.29) is 9.88 Å². The quantitative estimate of drug-likeness (QED) is 0.495.